The van der Waals surface area contributed by atoms with Crippen LogP contribution in [0.3, 0.4) is 0 Å². The van der Waals surface area contributed by atoms with E-state index in [2.05, 4.69) is 32.9 Å². The van der Waals surface area contributed by atoms with Crippen LogP contribution in [0.1, 0.15) is 52.0 Å². The van der Waals surface area contributed by atoms with Gasteiger partial charge in [0.2, 0.25) is 5.91 Å². The SMILES string of the molecule is CCCCC(N)C(=O)N(Cc1ccccc1)C(C)CC. The van der Waals surface area contributed by atoms with Crippen molar-refractivity contribution < 1.29 is 4.79 Å². The Morgan fingerprint density at radius 3 is 2.45 bits per heavy atom. The van der Waals surface area contributed by atoms with Crippen molar-refractivity contribution in [2.24, 2.45) is 5.73 Å². The molecule has 0 aromatic heterocycles. The predicted octanol–water partition coefficient (Wildman–Crippen LogP) is 3.33. The molecule has 1 amide bonds. The summed E-state index contributed by atoms with van der Waals surface area (Å²) in [6, 6.07) is 9.96. The van der Waals surface area contributed by atoms with Gasteiger partial charge in [-0.3, -0.25) is 4.79 Å². The zero-order valence-corrected chi connectivity index (χ0v) is 13.0. The number of benzene rings is 1. The smallest absolute Gasteiger partial charge is 0.240 e. The van der Waals surface area contributed by atoms with Crippen molar-refractivity contribution in [3.63, 3.8) is 0 Å². The third-order valence-electron chi connectivity index (χ3n) is 3.79. The number of nitrogens with zero attached hydrogens (tertiary/aromatic N) is 1. The maximum Gasteiger partial charge on any atom is 0.240 e. The average molecular weight is 276 g/mol. The molecular formula is C17H28N2O. The molecule has 1 aromatic rings. The van der Waals surface area contributed by atoms with E-state index in [9.17, 15) is 4.79 Å². The Balaban J connectivity index is 2.76. The largest absolute Gasteiger partial charge is 0.334 e. The number of unbranched alkanes of at least 4 members (excludes halogenated alkanes) is 1. The van der Waals surface area contributed by atoms with E-state index in [1.807, 2.05) is 23.1 Å². The molecule has 20 heavy (non-hydrogen) atoms. The van der Waals surface area contributed by atoms with Gasteiger partial charge in [-0.25, -0.2) is 0 Å². The van der Waals surface area contributed by atoms with Gasteiger partial charge >= 0.3 is 0 Å². The number of nitrogens with two attached hydrogens (primary N) is 1. The Morgan fingerprint density at radius 2 is 1.90 bits per heavy atom. The third-order valence-corrected chi connectivity index (χ3v) is 3.79. The van der Waals surface area contributed by atoms with Crippen LogP contribution < -0.4 is 5.73 Å². The molecule has 2 N–H and O–H groups in total. The van der Waals surface area contributed by atoms with Crippen molar-refractivity contribution >= 4 is 5.91 Å². The van der Waals surface area contributed by atoms with Crippen LogP contribution in [0, 0.1) is 0 Å². The second kappa shape index (κ2) is 8.75. The van der Waals surface area contributed by atoms with Crippen LogP contribution in [0.5, 0.6) is 0 Å². The summed E-state index contributed by atoms with van der Waals surface area (Å²) in [5.41, 5.74) is 7.22. The van der Waals surface area contributed by atoms with Crippen molar-refractivity contribution in [3.05, 3.63) is 35.9 Å². The monoisotopic (exact) mass is 276 g/mol. The number of carbonyl (C=O) groups excluding carboxylic acids is 1. The summed E-state index contributed by atoms with van der Waals surface area (Å²) in [5, 5.41) is 0. The van der Waals surface area contributed by atoms with Crippen LogP contribution in [0.15, 0.2) is 30.3 Å². The Bertz CT molecular complexity index is 391. The van der Waals surface area contributed by atoms with Gasteiger partial charge in [0.15, 0.2) is 0 Å². The number of hydrogen-bond donors (Lipinski definition) is 1. The normalized spacial score (nSPS) is 13.8. The summed E-state index contributed by atoms with van der Waals surface area (Å²) < 4.78 is 0. The van der Waals surface area contributed by atoms with Gasteiger partial charge in [-0.2, -0.15) is 0 Å². The topological polar surface area (TPSA) is 46.3 Å². The van der Waals surface area contributed by atoms with E-state index in [4.69, 9.17) is 5.73 Å². The van der Waals surface area contributed by atoms with Crippen LogP contribution in [0.25, 0.3) is 0 Å². The van der Waals surface area contributed by atoms with Gasteiger partial charge in [0.1, 0.15) is 0 Å². The lowest BCUT2D eigenvalue weighted by molar-refractivity contribution is -0.135. The highest BCUT2D eigenvalue weighted by atomic mass is 16.2. The number of carbonyl (C=O) groups is 1. The predicted molar refractivity (Wildman–Crippen MR) is 84.2 cm³/mol. The Hall–Kier alpha value is -1.35. The summed E-state index contributed by atoms with van der Waals surface area (Å²) in [7, 11) is 0. The van der Waals surface area contributed by atoms with Crippen LogP contribution >= 0.6 is 0 Å². The van der Waals surface area contributed by atoms with Gasteiger partial charge in [0.05, 0.1) is 6.04 Å². The van der Waals surface area contributed by atoms with Gasteiger partial charge in [0, 0.05) is 12.6 Å². The molecule has 3 nitrogen and oxygen atoms in total. The minimum absolute atomic E-state index is 0.0802. The summed E-state index contributed by atoms with van der Waals surface area (Å²) in [6.45, 7) is 6.96. The molecule has 2 atom stereocenters. The number of amides is 1. The first-order valence-corrected chi connectivity index (χ1v) is 7.70. The molecule has 0 aliphatic rings. The highest BCUT2D eigenvalue weighted by Crippen LogP contribution is 2.13. The Morgan fingerprint density at radius 1 is 1.25 bits per heavy atom. The summed E-state index contributed by atoms with van der Waals surface area (Å²) >= 11 is 0. The molecule has 3 heteroatoms. The maximum absolute atomic E-state index is 12.6. The summed E-state index contributed by atoms with van der Waals surface area (Å²) in [5.74, 6) is 0.0802. The molecule has 0 aliphatic carbocycles. The lowest BCUT2D eigenvalue weighted by Gasteiger charge is -2.31. The fourth-order valence-corrected chi connectivity index (χ4v) is 2.21. The zero-order chi connectivity index (χ0) is 15.0. The van der Waals surface area contributed by atoms with E-state index >= 15 is 0 Å². The molecule has 0 spiro atoms. The second-order valence-corrected chi connectivity index (χ2v) is 5.46. The molecule has 112 valence electrons. The first kappa shape index (κ1) is 16.7. The minimum atomic E-state index is -0.368. The lowest BCUT2D eigenvalue weighted by Crippen LogP contribution is -2.47. The third kappa shape index (κ3) is 4.97. The van der Waals surface area contributed by atoms with Crippen molar-refractivity contribution in [2.75, 3.05) is 0 Å². The van der Waals surface area contributed by atoms with Crippen LogP contribution in [0.4, 0.5) is 0 Å². The zero-order valence-electron chi connectivity index (χ0n) is 13.0. The van der Waals surface area contributed by atoms with Gasteiger partial charge in [0.25, 0.3) is 0 Å². The molecule has 0 radical (unpaired) electrons. The van der Waals surface area contributed by atoms with Crippen LogP contribution in [-0.2, 0) is 11.3 Å². The van der Waals surface area contributed by atoms with Gasteiger partial charge < -0.3 is 10.6 Å². The second-order valence-electron chi connectivity index (χ2n) is 5.46. The highest BCUT2D eigenvalue weighted by Gasteiger charge is 2.24. The fraction of sp³-hybridized carbons (Fsp3) is 0.588. The molecule has 0 heterocycles. The van der Waals surface area contributed by atoms with E-state index in [0.717, 1.165) is 31.2 Å². The molecule has 1 rings (SSSR count). The average Bonchev–Trinajstić information content (AvgIpc) is 2.49. The molecule has 0 fully saturated rings. The van der Waals surface area contributed by atoms with E-state index in [1.54, 1.807) is 0 Å². The molecule has 0 bridgehead atoms. The Labute approximate surface area is 123 Å². The van der Waals surface area contributed by atoms with E-state index < -0.39 is 0 Å². The quantitative estimate of drug-likeness (QED) is 0.791. The number of rotatable bonds is 8. The van der Waals surface area contributed by atoms with E-state index in [-0.39, 0.29) is 18.0 Å². The fourth-order valence-electron chi connectivity index (χ4n) is 2.21. The standard InChI is InChI=1S/C17H28N2O/c1-4-6-12-16(18)17(20)19(14(3)5-2)13-15-10-8-7-9-11-15/h7-11,14,16H,4-6,12-13,18H2,1-3H3. The van der Waals surface area contributed by atoms with Gasteiger partial charge in [-0.1, -0.05) is 57.0 Å². The van der Waals surface area contributed by atoms with Crippen molar-refractivity contribution in [2.45, 2.75) is 65.1 Å². The molecule has 0 saturated heterocycles. The molecule has 0 saturated carbocycles. The van der Waals surface area contributed by atoms with Gasteiger partial charge in [-0.05, 0) is 25.3 Å². The van der Waals surface area contributed by atoms with Crippen LogP contribution in [0.2, 0.25) is 0 Å². The Kier molecular flexibility index (Phi) is 7.31. The number of hydrogen-bond acceptors (Lipinski definition) is 2. The summed E-state index contributed by atoms with van der Waals surface area (Å²) in [4.78, 5) is 14.5. The first-order chi connectivity index (χ1) is 9.60. The van der Waals surface area contributed by atoms with Crippen molar-refractivity contribution in [1.82, 2.24) is 4.90 Å². The molecule has 0 aliphatic heterocycles. The molecule has 2 unspecified atom stereocenters. The molecular weight excluding hydrogens is 248 g/mol. The van der Waals surface area contributed by atoms with Crippen LogP contribution in [-0.4, -0.2) is 22.9 Å². The molecule has 1 aromatic carbocycles. The summed E-state index contributed by atoms with van der Waals surface area (Å²) in [6.07, 6.45) is 3.80. The van der Waals surface area contributed by atoms with E-state index in [1.165, 1.54) is 0 Å². The van der Waals surface area contributed by atoms with Crippen molar-refractivity contribution in [3.8, 4) is 0 Å². The minimum Gasteiger partial charge on any atom is -0.334 e. The maximum atomic E-state index is 12.6. The van der Waals surface area contributed by atoms with Gasteiger partial charge in [-0.15, -0.1) is 0 Å². The first-order valence-electron chi connectivity index (χ1n) is 7.70. The lowest BCUT2D eigenvalue weighted by atomic mass is 10.1. The highest BCUT2D eigenvalue weighted by molar-refractivity contribution is 5.81. The van der Waals surface area contributed by atoms with Crippen molar-refractivity contribution in [1.29, 1.82) is 0 Å². The van der Waals surface area contributed by atoms with E-state index in [0.29, 0.717) is 6.54 Å².